The number of hydrogen-bond acceptors (Lipinski definition) is 4. The first kappa shape index (κ1) is 14.4. The van der Waals surface area contributed by atoms with Gasteiger partial charge < -0.3 is 9.84 Å². The minimum absolute atomic E-state index is 0.0528. The molecule has 5 nitrogen and oxygen atoms in total. The average molecular weight is 274 g/mol. The number of aliphatic carboxylic acids is 1. The van der Waals surface area contributed by atoms with E-state index in [1.165, 1.54) is 0 Å². The quantitative estimate of drug-likeness (QED) is 0.885. The number of hydrogen-bond donors (Lipinski definition) is 1. The zero-order valence-electron chi connectivity index (χ0n) is 11.5. The lowest BCUT2D eigenvalue weighted by Crippen LogP contribution is -2.35. The van der Waals surface area contributed by atoms with Crippen molar-refractivity contribution in [1.29, 1.82) is 5.26 Å². The molecule has 2 atom stereocenters. The predicted octanol–water partition coefficient (Wildman–Crippen LogP) is 1.73. The monoisotopic (exact) mass is 274 g/mol. The number of likely N-dealkylation sites (tertiary alicyclic amines) is 1. The van der Waals surface area contributed by atoms with Gasteiger partial charge in [-0.2, -0.15) is 5.26 Å². The topological polar surface area (TPSA) is 73.6 Å². The van der Waals surface area contributed by atoms with Crippen LogP contribution >= 0.6 is 0 Å². The lowest BCUT2D eigenvalue weighted by Gasteiger charge is -2.22. The third kappa shape index (κ3) is 3.28. The summed E-state index contributed by atoms with van der Waals surface area (Å²) < 4.78 is 5.61. The Bertz CT molecular complexity index is 507. The third-order valence-electron chi connectivity index (χ3n) is 3.83. The zero-order valence-corrected chi connectivity index (χ0v) is 11.5. The fraction of sp³-hybridized carbons (Fsp3) is 0.467. The molecule has 1 heterocycles. The Morgan fingerprint density at radius 3 is 2.75 bits per heavy atom. The Kier molecular flexibility index (Phi) is 4.59. The molecule has 1 aromatic carbocycles. The standard InChI is InChI=1S/C15H18N2O3/c1-11-14(15(18)19)6-7-17(11)8-9-20-13-4-2-12(10-16)3-5-13/h2-5,11,14H,6-9H2,1H3,(H,18,19). The number of carbonyl (C=O) groups is 1. The first-order valence-corrected chi connectivity index (χ1v) is 6.71. The second-order valence-electron chi connectivity index (χ2n) is 4.99. The molecule has 0 radical (unpaired) electrons. The maximum atomic E-state index is 11.0. The van der Waals surface area contributed by atoms with Crippen LogP contribution in [-0.2, 0) is 4.79 Å². The maximum absolute atomic E-state index is 11.0. The Hall–Kier alpha value is -2.06. The largest absolute Gasteiger partial charge is 0.492 e. The van der Waals surface area contributed by atoms with E-state index in [9.17, 15) is 4.79 Å². The van der Waals surface area contributed by atoms with E-state index < -0.39 is 5.97 Å². The molecule has 1 fully saturated rings. The van der Waals surface area contributed by atoms with Gasteiger partial charge in [-0.15, -0.1) is 0 Å². The summed E-state index contributed by atoms with van der Waals surface area (Å²) in [6.45, 7) is 3.98. The molecule has 106 valence electrons. The van der Waals surface area contributed by atoms with E-state index in [0.717, 1.165) is 12.3 Å². The molecule has 0 saturated carbocycles. The highest BCUT2D eigenvalue weighted by Gasteiger charge is 2.35. The minimum atomic E-state index is -0.715. The van der Waals surface area contributed by atoms with Gasteiger partial charge in [-0.1, -0.05) is 0 Å². The summed E-state index contributed by atoms with van der Waals surface area (Å²) in [7, 11) is 0. The van der Waals surface area contributed by atoms with E-state index in [1.54, 1.807) is 24.3 Å². The summed E-state index contributed by atoms with van der Waals surface area (Å²) in [5, 5.41) is 17.8. The van der Waals surface area contributed by atoms with Crippen LogP contribution in [0.15, 0.2) is 24.3 Å². The molecular weight excluding hydrogens is 256 g/mol. The highest BCUT2D eigenvalue weighted by Crippen LogP contribution is 2.23. The molecule has 0 aliphatic carbocycles. The van der Waals surface area contributed by atoms with Crippen LogP contribution < -0.4 is 4.74 Å². The van der Waals surface area contributed by atoms with Gasteiger partial charge in [0.1, 0.15) is 12.4 Å². The van der Waals surface area contributed by atoms with Crippen LogP contribution in [0.4, 0.5) is 0 Å². The van der Waals surface area contributed by atoms with Crippen molar-refractivity contribution in [2.75, 3.05) is 19.7 Å². The van der Waals surface area contributed by atoms with Gasteiger partial charge in [0, 0.05) is 12.6 Å². The summed E-state index contributed by atoms with van der Waals surface area (Å²) >= 11 is 0. The minimum Gasteiger partial charge on any atom is -0.492 e. The maximum Gasteiger partial charge on any atom is 0.308 e. The molecule has 5 heteroatoms. The Balaban J connectivity index is 1.79. The average Bonchev–Trinajstić information content (AvgIpc) is 2.81. The molecule has 0 aromatic heterocycles. The van der Waals surface area contributed by atoms with Gasteiger partial charge in [-0.05, 0) is 44.2 Å². The van der Waals surface area contributed by atoms with E-state index in [0.29, 0.717) is 25.1 Å². The molecule has 1 aliphatic heterocycles. The third-order valence-corrected chi connectivity index (χ3v) is 3.83. The number of benzene rings is 1. The SMILES string of the molecule is CC1C(C(=O)O)CCN1CCOc1ccc(C#N)cc1. The van der Waals surface area contributed by atoms with Crippen LogP contribution in [-0.4, -0.2) is 41.7 Å². The summed E-state index contributed by atoms with van der Waals surface area (Å²) in [6, 6.07) is 9.08. The van der Waals surface area contributed by atoms with Gasteiger partial charge in [-0.3, -0.25) is 9.69 Å². The number of nitriles is 1. The van der Waals surface area contributed by atoms with Crippen LogP contribution in [0, 0.1) is 17.2 Å². The smallest absolute Gasteiger partial charge is 0.308 e. The fourth-order valence-corrected chi connectivity index (χ4v) is 2.56. The zero-order chi connectivity index (χ0) is 14.5. The van der Waals surface area contributed by atoms with Crippen LogP contribution in [0.3, 0.4) is 0 Å². The van der Waals surface area contributed by atoms with Crippen molar-refractivity contribution in [2.45, 2.75) is 19.4 Å². The summed E-state index contributed by atoms with van der Waals surface area (Å²) in [5.74, 6) is -0.261. The van der Waals surface area contributed by atoms with Crippen LogP contribution in [0.1, 0.15) is 18.9 Å². The molecule has 1 aliphatic rings. The Morgan fingerprint density at radius 2 is 2.20 bits per heavy atom. The van der Waals surface area contributed by atoms with Gasteiger partial charge >= 0.3 is 5.97 Å². The van der Waals surface area contributed by atoms with Gasteiger partial charge in [-0.25, -0.2) is 0 Å². The lowest BCUT2D eigenvalue weighted by atomic mass is 10.0. The molecule has 2 unspecified atom stereocenters. The van der Waals surface area contributed by atoms with E-state index in [2.05, 4.69) is 11.0 Å². The molecule has 20 heavy (non-hydrogen) atoms. The summed E-state index contributed by atoms with van der Waals surface area (Å²) in [5.41, 5.74) is 0.606. The lowest BCUT2D eigenvalue weighted by molar-refractivity contribution is -0.142. The highest BCUT2D eigenvalue weighted by molar-refractivity contribution is 5.71. The molecule has 0 amide bonds. The molecule has 1 aromatic rings. The van der Waals surface area contributed by atoms with Crippen molar-refractivity contribution >= 4 is 5.97 Å². The summed E-state index contributed by atoms with van der Waals surface area (Å²) in [4.78, 5) is 13.2. The van der Waals surface area contributed by atoms with E-state index >= 15 is 0 Å². The highest BCUT2D eigenvalue weighted by atomic mass is 16.5. The first-order valence-electron chi connectivity index (χ1n) is 6.71. The van der Waals surface area contributed by atoms with E-state index in [1.807, 2.05) is 6.92 Å². The molecule has 1 N–H and O–H groups in total. The first-order chi connectivity index (χ1) is 9.61. The second kappa shape index (κ2) is 6.40. The van der Waals surface area contributed by atoms with E-state index in [4.69, 9.17) is 15.1 Å². The number of carboxylic acids is 1. The van der Waals surface area contributed by atoms with Crippen LogP contribution in [0.5, 0.6) is 5.75 Å². The number of rotatable bonds is 5. The van der Waals surface area contributed by atoms with Gasteiger partial charge in [0.25, 0.3) is 0 Å². The van der Waals surface area contributed by atoms with E-state index in [-0.39, 0.29) is 12.0 Å². The van der Waals surface area contributed by atoms with Gasteiger partial charge in [0.2, 0.25) is 0 Å². The fourth-order valence-electron chi connectivity index (χ4n) is 2.56. The molecule has 2 rings (SSSR count). The Labute approximate surface area is 118 Å². The molecule has 1 saturated heterocycles. The molecular formula is C15H18N2O3. The van der Waals surface area contributed by atoms with Crippen molar-refractivity contribution in [3.8, 4) is 11.8 Å². The predicted molar refractivity (Wildman–Crippen MR) is 73.4 cm³/mol. The van der Waals surface area contributed by atoms with Crippen LogP contribution in [0.2, 0.25) is 0 Å². The van der Waals surface area contributed by atoms with Crippen molar-refractivity contribution in [1.82, 2.24) is 4.90 Å². The Morgan fingerprint density at radius 1 is 1.50 bits per heavy atom. The van der Waals surface area contributed by atoms with Crippen LogP contribution in [0.25, 0.3) is 0 Å². The second-order valence-corrected chi connectivity index (χ2v) is 4.99. The number of carboxylic acid groups (broad SMARTS) is 1. The normalized spacial score (nSPS) is 22.4. The summed E-state index contributed by atoms with van der Waals surface area (Å²) in [6.07, 6.45) is 0.702. The van der Waals surface area contributed by atoms with Crippen molar-refractivity contribution in [3.63, 3.8) is 0 Å². The van der Waals surface area contributed by atoms with Crippen molar-refractivity contribution < 1.29 is 14.6 Å². The molecule has 0 bridgehead atoms. The number of nitrogens with zero attached hydrogens (tertiary/aromatic N) is 2. The molecule has 0 spiro atoms. The van der Waals surface area contributed by atoms with Crippen molar-refractivity contribution in [3.05, 3.63) is 29.8 Å². The van der Waals surface area contributed by atoms with Gasteiger partial charge in [0.05, 0.1) is 17.6 Å². The number of ether oxygens (including phenoxy) is 1. The van der Waals surface area contributed by atoms with Crippen molar-refractivity contribution in [2.24, 2.45) is 5.92 Å². The van der Waals surface area contributed by atoms with Gasteiger partial charge in [0.15, 0.2) is 0 Å².